The van der Waals surface area contributed by atoms with Gasteiger partial charge in [0.05, 0.1) is 11.6 Å². The Hall–Kier alpha value is -2.83. The summed E-state index contributed by atoms with van der Waals surface area (Å²) in [6, 6.07) is 26.1. The highest BCUT2D eigenvalue weighted by molar-refractivity contribution is 9.10. The Bertz CT molecular complexity index is 951. The van der Waals surface area contributed by atoms with Crippen LogP contribution in [-0.2, 0) is 6.61 Å². The molecule has 0 bridgehead atoms. The van der Waals surface area contributed by atoms with Crippen LogP contribution in [0.5, 0.6) is 5.75 Å². The first-order valence-corrected chi connectivity index (χ1v) is 9.10. The van der Waals surface area contributed by atoms with Gasteiger partial charge in [-0.05, 0) is 42.3 Å². The van der Waals surface area contributed by atoms with Crippen LogP contribution in [0.3, 0.4) is 0 Å². The molecule has 2 nitrogen and oxygen atoms in total. The lowest BCUT2D eigenvalue weighted by molar-refractivity contribution is 0.305. The molecule has 0 saturated carbocycles. The van der Waals surface area contributed by atoms with E-state index in [-0.39, 0.29) is 0 Å². The number of hydrogen-bond acceptors (Lipinski definition) is 2. The molecule has 0 fully saturated rings. The van der Waals surface area contributed by atoms with Crippen LogP contribution in [0.2, 0.25) is 0 Å². The zero-order chi connectivity index (χ0) is 18.4. The molecule has 0 aliphatic rings. The number of benzene rings is 3. The molecule has 0 unspecified atom stereocenters. The van der Waals surface area contributed by atoms with Gasteiger partial charge in [-0.1, -0.05) is 76.1 Å². The van der Waals surface area contributed by atoms with Crippen molar-refractivity contribution in [1.82, 2.24) is 0 Å². The van der Waals surface area contributed by atoms with Crippen molar-refractivity contribution in [1.29, 1.82) is 5.26 Å². The van der Waals surface area contributed by atoms with E-state index in [9.17, 15) is 5.26 Å². The molecule has 0 N–H and O–H groups in total. The largest absolute Gasteiger partial charge is 0.488 e. The normalized spacial score (nSPS) is 11.0. The number of rotatable bonds is 5. The molecule has 128 valence electrons. The van der Waals surface area contributed by atoms with E-state index in [0.717, 1.165) is 26.9 Å². The Kier molecular flexibility index (Phi) is 5.88. The van der Waals surface area contributed by atoms with Crippen LogP contribution in [0.15, 0.2) is 77.3 Å². The molecule has 3 aromatic rings. The molecule has 3 heteroatoms. The van der Waals surface area contributed by atoms with Gasteiger partial charge in [0.25, 0.3) is 0 Å². The summed E-state index contributed by atoms with van der Waals surface area (Å²) in [5.74, 6) is 0.760. The zero-order valence-corrected chi connectivity index (χ0v) is 16.0. The Balaban J connectivity index is 1.84. The van der Waals surface area contributed by atoms with E-state index in [4.69, 9.17) is 4.74 Å². The lowest BCUT2D eigenvalue weighted by atomic mass is 10.0. The van der Waals surface area contributed by atoms with Crippen LogP contribution in [0, 0.1) is 18.3 Å². The van der Waals surface area contributed by atoms with Crippen LogP contribution >= 0.6 is 15.9 Å². The maximum Gasteiger partial charge on any atom is 0.127 e. The summed E-state index contributed by atoms with van der Waals surface area (Å²) < 4.78 is 7.04. The van der Waals surface area contributed by atoms with Crippen molar-refractivity contribution < 1.29 is 4.74 Å². The smallest absolute Gasteiger partial charge is 0.127 e. The molecule has 0 heterocycles. The zero-order valence-electron chi connectivity index (χ0n) is 14.4. The highest BCUT2D eigenvalue weighted by Crippen LogP contribution is 2.25. The van der Waals surface area contributed by atoms with E-state index in [0.29, 0.717) is 12.2 Å². The summed E-state index contributed by atoms with van der Waals surface area (Å²) in [5.41, 5.74) is 4.67. The molecule has 26 heavy (non-hydrogen) atoms. The molecule has 0 amide bonds. The second-order valence-electron chi connectivity index (χ2n) is 5.99. The second-order valence-corrected chi connectivity index (χ2v) is 6.90. The predicted molar refractivity (Wildman–Crippen MR) is 110 cm³/mol. The summed E-state index contributed by atoms with van der Waals surface area (Å²) in [7, 11) is 0. The second kappa shape index (κ2) is 8.51. The molecule has 0 atom stereocenters. The highest BCUT2D eigenvalue weighted by Gasteiger charge is 2.06. The fourth-order valence-electron chi connectivity index (χ4n) is 2.54. The van der Waals surface area contributed by atoms with E-state index in [2.05, 4.69) is 22.0 Å². The van der Waals surface area contributed by atoms with Crippen LogP contribution < -0.4 is 4.74 Å². The van der Waals surface area contributed by atoms with Crippen LogP contribution in [-0.4, -0.2) is 0 Å². The van der Waals surface area contributed by atoms with E-state index >= 15 is 0 Å². The van der Waals surface area contributed by atoms with Gasteiger partial charge in [-0.3, -0.25) is 0 Å². The van der Waals surface area contributed by atoms with Crippen molar-refractivity contribution in [2.75, 3.05) is 0 Å². The lowest BCUT2D eigenvalue weighted by Gasteiger charge is -2.10. The number of hydrogen-bond donors (Lipinski definition) is 0. The molecule has 3 rings (SSSR count). The molecule has 0 aliphatic heterocycles. The summed E-state index contributed by atoms with van der Waals surface area (Å²) in [6.45, 7) is 2.51. The number of nitriles is 1. The van der Waals surface area contributed by atoms with Gasteiger partial charge < -0.3 is 4.74 Å². The Labute approximate surface area is 162 Å². The molecule has 0 spiro atoms. The fraction of sp³-hybridized carbons (Fsp3) is 0.0870. The molecule has 0 aliphatic carbocycles. The Morgan fingerprint density at radius 1 is 1.00 bits per heavy atom. The average molecular weight is 404 g/mol. The first kappa shape index (κ1) is 18.0. The Morgan fingerprint density at radius 3 is 2.38 bits per heavy atom. The summed E-state index contributed by atoms with van der Waals surface area (Å²) >= 11 is 3.44. The molecule has 0 radical (unpaired) electrons. The third-order valence-corrected chi connectivity index (χ3v) is 4.54. The maximum atomic E-state index is 9.57. The monoisotopic (exact) mass is 403 g/mol. The van der Waals surface area contributed by atoms with Crippen molar-refractivity contribution in [3.05, 3.63) is 99.5 Å². The number of nitrogens with zero attached hydrogens (tertiary/aromatic N) is 1. The fourth-order valence-corrected chi connectivity index (χ4v) is 2.81. The summed E-state index contributed by atoms with van der Waals surface area (Å²) in [6.07, 6.45) is 1.88. The SMILES string of the molecule is Cc1ccc(/C(C#N)=C\c2ccccc2OCc2ccc(Br)cc2)cc1. The van der Waals surface area contributed by atoms with Crippen LogP contribution in [0.4, 0.5) is 0 Å². The van der Waals surface area contributed by atoms with E-state index in [1.54, 1.807) is 0 Å². The third kappa shape index (κ3) is 4.62. The molecular weight excluding hydrogens is 386 g/mol. The van der Waals surface area contributed by atoms with E-state index < -0.39 is 0 Å². The predicted octanol–water partition coefficient (Wildman–Crippen LogP) is 6.40. The highest BCUT2D eigenvalue weighted by atomic mass is 79.9. The van der Waals surface area contributed by atoms with Gasteiger partial charge in [-0.2, -0.15) is 5.26 Å². The van der Waals surface area contributed by atoms with Gasteiger partial charge >= 0.3 is 0 Å². The quantitative estimate of drug-likeness (QED) is 0.364. The van der Waals surface area contributed by atoms with Gasteiger partial charge in [-0.25, -0.2) is 0 Å². The number of aryl methyl sites for hydroxylation is 1. The van der Waals surface area contributed by atoms with E-state index in [1.165, 1.54) is 5.56 Å². The summed E-state index contributed by atoms with van der Waals surface area (Å²) in [5, 5.41) is 9.57. The van der Waals surface area contributed by atoms with Gasteiger partial charge in [0.2, 0.25) is 0 Å². The van der Waals surface area contributed by atoms with E-state index in [1.807, 2.05) is 85.8 Å². The minimum Gasteiger partial charge on any atom is -0.488 e. The first-order valence-electron chi connectivity index (χ1n) is 8.31. The van der Waals surface area contributed by atoms with Crippen LogP contribution in [0.25, 0.3) is 11.6 Å². The molecule has 3 aromatic carbocycles. The standard InChI is InChI=1S/C23H18BrNO/c1-17-6-10-19(11-7-17)21(15-25)14-20-4-2-3-5-23(20)26-16-18-8-12-22(24)13-9-18/h2-14H,16H2,1H3/b21-14-. The van der Waals surface area contributed by atoms with Gasteiger partial charge in [-0.15, -0.1) is 0 Å². The third-order valence-electron chi connectivity index (χ3n) is 4.01. The average Bonchev–Trinajstić information content (AvgIpc) is 2.67. The van der Waals surface area contributed by atoms with Crippen molar-refractivity contribution in [2.24, 2.45) is 0 Å². The van der Waals surface area contributed by atoms with Crippen LogP contribution in [0.1, 0.15) is 22.3 Å². The summed E-state index contributed by atoms with van der Waals surface area (Å²) in [4.78, 5) is 0. The van der Waals surface area contributed by atoms with Crippen molar-refractivity contribution in [2.45, 2.75) is 13.5 Å². The van der Waals surface area contributed by atoms with Gasteiger partial charge in [0, 0.05) is 10.0 Å². The lowest BCUT2D eigenvalue weighted by Crippen LogP contribution is -1.97. The van der Waals surface area contributed by atoms with Gasteiger partial charge in [0.1, 0.15) is 12.4 Å². The number of para-hydroxylation sites is 1. The topological polar surface area (TPSA) is 33.0 Å². The molecular formula is C23H18BrNO. The molecule has 0 saturated heterocycles. The van der Waals surface area contributed by atoms with Gasteiger partial charge in [0.15, 0.2) is 0 Å². The number of ether oxygens (including phenoxy) is 1. The number of allylic oxidation sites excluding steroid dienone is 1. The minimum atomic E-state index is 0.477. The molecule has 0 aromatic heterocycles. The number of halogens is 1. The van der Waals surface area contributed by atoms with Crippen molar-refractivity contribution >= 4 is 27.6 Å². The Morgan fingerprint density at radius 2 is 1.69 bits per heavy atom. The first-order chi connectivity index (χ1) is 12.7. The minimum absolute atomic E-state index is 0.477. The maximum absolute atomic E-state index is 9.57. The van der Waals surface area contributed by atoms with Crippen molar-refractivity contribution in [3.8, 4) is 11.8 Å². The van der Waals surface area contributed by atoms with Crippen molar-refractivity contribution in [3.63, 3.8) is 0 Å².